The number of halogens is 2. The van der Waals surface area contributed by atoms with Gasteiger partial charge in [0.25, 0.3) is 0 Å². The van der Waals surface area contributed by atoms with E-state index in [0.717, 1.165) is 0 Å². The molecule has 1 unspecified atom stereocenters. The molecule has 1 rings (SSSR count). The maximum Gasteiger partial charge on any atom is 0.335 e. The molecule has 0 saturated carbocycles. The summed E-state index contributed by atoms with van der Waals surface area (Å²) in [6.07, 6.45) is -1.96. The van der Waals surface area contributed by atoms with E-state index >= 15 is 0 Å². The van der Waals surface area contributed by atoms with Crippen molar-refractivity contribution in [2.75, 3.05) is 0 Å². The molecule has 16 heavy (non-hydrogen) atoms. The van der Waals surface area contributed by atoms with Crippen LogP contribution in [0.2, 0.25) is 0 Å². The van der Waals surface area contributed by atoms with Crippen LogP contribution in [0.3, 0.4) is 0 Å². The third-order valence-corrected chi connectivity index (χ3v) is 2.34. The standard InChI is InChI=1S/C12H14F2O2/c1-8(2)10(15)12(13,14)11(16)9-6-4-3-5-7-9/h3-8,10,15H,1-2H3. The van der Waals surface area contributed by atoms with Crippen molar-refractivity contribution in [1.29, 1.82) is 0 Å². The lowest BCUT2D eigenvalue weighted by Gasteiger charge is -2.24. The van der Waals surface area contributed by atoms with Crippen molar-refractivity contribution in [3.05, 3.63) is 35.9 Å². The number of alkyl halides is 2. The number of carbonyl (C=O) groups is 1. The van der Waals surface area contributed by atoms with E-state index in [1.54, 1.807) is 6.07 Å². The van der Waals surface area contributed by atoms with Crippen LogP contribution >= 0.6 is 0 Å². The molecule has 0 aliphatic carbocycles. The zero-order chi connectivity index (χ0) is 12.3. The molecule has 0 spiro atoms. The highest BCUT2D eigenvalue weighted by atomic mass is 19.3. The Balaban J connectivity index is 2.97. The van der Waals surface area contributed by atoms with E-state index in [0.29, 0.717) is 0 Å². The molecule has 4 heteroatoms. The summed E-state index contributed by atoms with van der Waals surface area (Å²) in [6, 6.07) is 7.26. The van der Waals surface area contributed by atoms with Crippen LogP contribution in [0.15, 0.2) is 30.3 Å². The zero-order valence-electron chi connectivity index (χ0n) is 9.15. The number of aliphatic hydroxyl groups excluding tert-OH is 1. The Morgan fingerprint density at radius 1 is 1.25 bits per heavy atom. The highest BCUT2D eigenvalue weighted by molar-refractivity contribution is 6.01. The minimum atomic E-state index is -3.74. The summed E-state index contributed by atoms with van der Waals surface area (Å²) in [5.41, 5.74) is -0.0906. The number of benzene rings is 1. The van der Waals surface area contributed by atoms with Gasteiger partial charge >= 0.3 is 5.92 Å². The topological polar surface area (TPSA) is 37.3 Å². The number of aliphatic hydroxyl groups is 1. The first kappa shape index (κ1) is 12.8. The van der Waals surface area contributed by atoms with Gasteiger partial charge in [0.2, 0.25) is 5.78 Å². The summed E-state index contributed by atoms with van der Waals surface area (Å²) in [7, 11) is 0. The molecule has 2 nitrogen and oxygen atoms in total. The number of Topliss-reactive ketones (excluding diaryl/α,β-unsaturated/α-hetero) is 1. The molecule has 1 aromatic carbocycles. The maximum absolute atomic E-state index is 13.5. The minimum Gasteiger partial charge on any atom is -0.386 e. The van der Waals surface area contributed by atoms with Gasteiger partial charge in [-0.15, -0.1) is 0 Å². The fourth-order valence-electron chi connectivity index (χ4n) is 1.33. The molecule has 0 amide bonds. The fraction of sp³-hybridized carbons (Fsp3) is 0.417. The predicted octanol–water partition coefficient (Wildman–Crippen LogP) is 2.52. The van der Waals surface area contributed by atoms with Crippen LogP contribution < -0.4 is 0 Å². The number of carbonyl (C=O) groups excluding carboxylic acids is 1. The molecule has 0 aromatic heterocycles. The van der Waals surface area contributed by atoms with Crippen molar-refractivity contribution in [1.82, 2.24) is 0 Å². The highest BCUT2D eigenvalue weighted by Crippen LogP contribution is 2.28. The van der Waals surface area contributed by atoms with Gasteiger partial charge in [-0.25, -0.2) is 0 Å². The molecule has 0 heterocycles. The van der Waals surface area contributed by atoms with E-state index < -0.39 is 23.7 Å². The Bertz CT molecular complexity index is 361. The summed E-state index contributed by atoms with van der Waals surface area (Å²) < 4.78 is 27.1. The molecule has 1 aromatic rings. The SMILES string of the molecule is CC(C)C(O)C(F)(F)C(=O)c1ccccc1. The largest absolute Gasteiger partial charge is 0.386 e. The average molecular weight is 228 g/mol. The molecule has 1 N–H and O–H groups in total. The number of rotatable bonds is 4. The summed E-state index contributed by atoms with van der Waals surface area (Å²) in [6.45, 7) is 2.88. The predicted molar refractivity (Wildman–Crippen MR) is 56.6 cm³/mol. The van der Waals surface area contributed by atoms with E-state index in [9.17, 15) is 18.7 Å². The molecule has 0 aliphatic rings. The number of ketones is 1. The molecule has 0 radical (unpaired) electrons. The Kier molecular flexibility index (Phi) is 3.75. The second-order valence-electron chi connectivity index (χ2n) is 4.01. The average Bonchev–Trinajstić information content (AvgIpc) is 2.28. The van der Waals surface area contributed by atoms with Gasteiger partial charge in [0, 0.05) is 5.56 Å². The lowest BCUT2D eigenvalue weighted by molar-refractivity contribution is -0.0949. The van der Waals surface area contributed by atoms with E-state index in [1.165, 1.54) is 38.1 Å². The second-order valence-corrected chi connectivity index (χ2v) is 4.01. The van der Waals surface area contributed by atoms with E-state index in [2.05, 4.69) is 0 Å². The summed E-state index contributed by atoms with van der Waals surface area (Å²) >= 11 is 0. The first-order valence-electron chi connectivity index (χ1n) is 5.03. The van der Waals surface area contributed by atoms with Crippen molar-refractivity contribution in [3.63, 3.8) is 0 Å². The first-order chi connectivity index (χ1) is 7.37. The van der Waals surface area contributed by atoms with Crippen molar-refractivity contribution in [2.45, 2.75) is 25.9 Å². The normalized spacial score (nSPS) is 13.9. The van der Waals surface area contributed by atoms with Crippen LogP contribution in [0.4, 0.5) is 8.78 Å². The van der Waals surface area contributed by atoms with Crippen LogP contribution in [-0.2, 0) is 0 Å². The van der Waals surface area contributed by atoms with Gasteiger partial charge in [-0.2, -0.15) is 8.78 Å². The van der Waals surface area contributed by atoms with Gasteiger partial charge in [-0.3, -0.25) is 4.79 Å². The van der Waals surface area contributed by atoms with E-state index in [4.69, 9.17) is 0 Å². The molecule has 0 aliphatic heterocycles. The molecule has 0 saturated heterocycles. The number of hydrogen-bond acceptors (Lipinski definition) is 2. The maximum atomic E-state index is 13.5. The summed E-state index contributed by atoms with van der Waals surface area (Å²) in [5, 5.41) is 9.32. The van der Waals surface area contributed by atoms with Crippen molar-refractivity contribution >= 4 is 5.78 Å². The lowest BCUT2D eigenvalue weighted by Crippen LogP contribution is -2.44. The van der Waals surface area contributed by atoms with Crippen molar-refractivity contribution in [2.24, 2.45) is 5.92 Å². The second kappa shape index (κ2) is 4.70. The van der Waals surface area contributed by atoms with Crippen LogP contribution in [0, 0.1) is 5.92 Å². The van der Waals surface area contributed by atoms with Crippen LogP contribution in [0.25, 0.3) is 0 Å². The molecule has 88 valence electrons. The smallest absolute Gasteiger partial charge is 0.335 e. The summed E-state index contributed by atoms with van der Waals surface area (Å²) in [5.74, 6) is -5.76. The highest BCUT2D eigenvalue weighted by Gasteiger charge is 2.47. The fourth-order valence-corrected chi connectivity index (χ4v) is 1.33. The number of hydrogen-bond donors (Lipinski definition) is 1. The quantitative estimate of drug-likeness (QED) is 0.804. The van der Waals surface area contributed by atoms with E-state index in [-0.39, 0.29) is 5.56 Å². The molecular formula is C12H14F2O2. The van der Waals surface area contributed by atoms with Gasteiger partial charge < -0.3 is 5.11 Å². The van der Waals surface area contributed by atoms with Gasteiger partial charge in [-0.05, 0) is 5.92 Å². The molecule has 1 atom stereocenters. The molecule has 0 bridgehead atoms. The Morgan fingerprint density at radius 3 is 2.19 bits per heavy atom. The van der Waals surface area contributed by atoms with Gasteiger partial charge in [0.1, 0.15) is 6.10 Å². The Labute approximate surface area is 92.9 Å². The Hall–Kier alpha value is -1.29. The van der Waals surface area contributed by atoms with Crippen LogP contribution in [-0.4, -0.2) is 22.9 Å². The Morgan fingerprint density at radius 2 is 1.75 bits per heavy atom. The first-order valence-corrected chi connectivity index (χ1v) is 5.03. The van der Waals surface area contributed by atoms with E-state index in [1.807, 2.05) is 0 Å². The molecule has 0 fully saturated rings. The summed E-state index contributed by atoms with van der Waals surface area (Å²) in [4.78, 5) is 11.5. The van der Waals surface area contributed by atoms with Gasteiger partial charge in [0.05, 0.1) is 0 Å². The van der Waals surface area contributed by atoms with Crippen LogP contribution in [0.5, 0.6) is 0 Å². The van der Waals surface area contributed by atoms with Crippen molar-refractivity contribution in [3.8, 4) is 0 Å². The minimum absolute atomic E-state index is 0.0906. The zero-order valence-corrected chi connectivity index (χ0v) is 9.15. The lowest BCUT2D eigenvalue weighted by atomic mass is 9.94. The third-order valence-electron chi connectivity index (χ3n) is 2.34. The molecular weight excluding hydrogens is 214 g/mol. The van der Waals surface area contributed by atoms with Gasteiger partial charge in [-0.1, -0.05) is 44.2 Å². The van der Waals surface area contributed by atoms with Gasteiger partial charge in [0.15, 0.2) is 0 Å². The third kappa shape index (κ3) is 2.44. The monoisotopic (exact) mass is 228 g/mol. The van der Waals surface area contributed by atoms with Crippen LogP contribution in [0.1, 0.15) is 24.2 Å². The van der Waals surface area contributed by atoms with Crippen molar-refractivity contribution < 1.29 is 18.7 Å².